The zero-order valence-electron chi connectivity index (χ0n) is 37.6. The predicted molar refractivity (Wildman–Crippen MR) is 277 cm³/mol. The summed E-state index contributed by atoms with van der Waals surface area (Å²) in [7, 11) is 0. The van der Waals surface area contributed by atoms with E-state index in [1.165, 1.54) is 66.4 Å². The van der Waals surface area contributed by atoms with Gasteiger partial charge in [0, 0.05) is 44.5 Å². The fourth-order valence-electron chi connectivity index (χ4n) is 9.41. The van der Waals surface area contributed by atoms with E-state index in [4.69, 9.17) is 9.97 Å². The highest BCUT2D eigenvalue weighted by Crippen LogP contribution is 2.41. The summed E-state index contributed by atoms with van der Waals surface area (Å²) in [6, 6.07) is 78.4. The number of hydrogen-bond donors (Lipinski definition) is 0. The second-order valence-electron chi connectivity index (χ2n) is 17.4. The minimum atomic E-state index is 0.722. The van der Waals surface area contributed by atoms with E-state index in [1.54, 1.807) is 0 Å². The molecule has 66 heavy (non-hydrogen) atoms. The molecule has 0 saturated heterocycles. The molecule has 9 aromatic carbocycles. The maximum Gasteiger partial charge on any atom is 0.160 e. The van der Waals surface area contributed by atoms with E-state index in [2.05, 4.69) is 256 Å². The van der Waals surface area contributed by atoms with Crippen LogP contribution in [0.2, 0.25) is 0 Å². The molecule has 0 atom stereocenters. The van der Waals surface area contributed by atoms with Crippen LogP contribution in [0.1, 0.15) is 22.3 Å². The number of anilines is 3. The Bertz CT molecular complexity index is 3390. The zero-order chi connectivity index (χ0) is 44.7. The van der Waals surface area contributed by atoms with E-state index in [9.17, 15) is 0 Å². The maximum absolute atomic E-state index is 5.08. The van der Waals surface area contributed by atoms with Gasteiger partial charge in [-0.2, -0.15) is 0 Å². The van der Waals surface area contributed by atoms with Gasteiger partial charge in [0.2, 0.25) is 0 Å². The Labute approximate surface area is 386 Å². The van der Waals surface area contributed by atoms with Crippen molar-refractivity contribution in [3.8, 4) is 61.8 Å². The van der Waals surface area contributed by atoms with Gasteiger partial charge in [-0.3, -0.25) is 0 Å². The van der Waals surface area contributed by atoms with Gasteiger partial charge in [0.05, 0.1) is 28.1 Å². The molecule has 0 fully saturated rings. The summed E-state index contributed by atoms with van der Waals surface area (Å²) in [5, 5.41) is 2.46. The predicted octanol–water partition coefficient (Wildman–Crippen LogP) is 16.6. The van der Waals surface area contributed by atoms with Crippen LogP contribution in [0, 0.1) is 27.7 Å². The third kappa shape index (κ3) is 7.63. The molecule has 0 saturated carbocycles. The Kier molecular flexibility index (Phi) is 10.4. The van der Waals surface area contributed by atoms with Crippen LogP contribution in [0.25, 0.3) is 83.6 Å². The molecule has 316 valence electrons. The highest BCUT2D eigenvalue weighted by atomic mass is 15.1. The average molecular weight is 849 g/mol. The molecule has 0 aliphatic carbocycles. The summed E-state index contributed by atoms with van der Waals surface area (Å²) < 4.78 is 2.46. The van der Waals surface area contributed by atoms with Crippen LogP contribution in [0.15, 0.2) is 218 Å². The Morgan fingerprint density at radius 3 is 1.32 bits per heavy atom. The van der Waals surface area contributed by atoms with E-state index < -0.39 is 0 Å². The number of para-hydroxylation sites is 3. The molecule has 0 aliphatic heterocycles. The number of aromatic nitrogens is 3. The van der Waals surface area contributed by atoms with Gasteiger partial charge in [-0.15, -0.1) is 0 Å². The summed E-state index contributed by atoms with van der Waals surface area (Å²) in [5.74, 6) is 0.722. The number of rotatable bonds is 9. The highest BCUT2D eigenvalue weighted by Gasteiger charge is 2.20. The molecule has 2 aromatic heterocycles. The molecular formula is C62H48N4. The van der Waals surface area contributed by atoms with Crippen molar-refractivity contribution in [2.75, 3.05) is 4.90 Å². The van der Waals surface area contributed by atoms with E-state index in [0.29, 0.717) is 0 Å². The van der Waals surface area contributed by atoms with Crippen LogP contribution in [-0.4, -0.2) is 14.5 Å². The standard InChI is InChI=1S/C62H48N4/c1-41-19-23-48(24-20-41)57-40-58(64-62(63-57)50-25-21-42(2)22-26-50)49-33-31-46(32-34-49)45-27-29-47(30-28-45)51-37-43(3)61(44(4)38-51)66-59-18-12-11-17-55(59)56-39-54(35-36-60(56)66)65(52-13-7-5-8-14-52)53-15-9-6-10-16-53/h5-40H,1-4H3. The van der Waals surface area contributed by atoms with Crippen LogP contribution in [0.4, 0.5) is 17.1 Å². The van der Waals surface area contributed by atoms with E-state index >= 15 is 0 Å². The maximum atomic E-state index is 5.08. The van der Waals surface area contributed by atoms with Crippen LogP contribution < -0.4 is 4.90 Å². The quantitative estimate of drug-likeness (QED) is 0.145. The largest absolute Gasteiger partial charge is 0.310 e. The van der Waals surface area contributed by atoms with Gasteiger partial charge in [0.15, 0.2) is 5.82 Å². The lowest BCUT2D eigenvalue weighted by molar-refractivity contribution is 1.12. The van der Waals surface area contributed by atoms with Crippen molar-refractivity contribution >= 4 is 38.9 Å². The van der Waals surface area contributed by atoms with Crippen LogP contribution in [0.5, 0.6) is 0 Å². The van der Waals surface area contributed by atoms with Crippen molar-refractivity contribution < 1.29 is 0 Å². The lowest BCUT2D eigenvalue weighted by Gasteiger charge is -2.25. The van der Waals surface area contributed by atoms with Crippen LogP contribution in [-0.2, 0) is 0 Å². The zero-order valence-corrected chi connectivity index (χ0v) is 37.6. The first-order valence-electron chi connectivity index (χ1n) is 22.6. The molecule has 4 nitrogen and oxygen atoms in total. The molecule has 0 aliphatic rings. The molecule has 0 radical (unpaired) electrons. The minimum Gasteiger partial charge on any atom is -0.310 e. The fraction of sp³-hybridized carbons (Fsp3) is 0.0645. The third-order valence-electron chi connectivity index (χ3n) is 12.8. The Morgan fingerprint density at radius 1 is 0.333 bits per heavy atom. The summed E-state index contributed by atoms with van der Waals surface area (Å²) in [6.45, 7) is 8.70. The van der Waals surface area contributed by atoms with Crippen LogP contribution in [0.3, 0.4) is 0 Å². The first kappa shape index (κ1) is 40.4. The molecular weight excluding hydrogens is 801 g/mol. The van der Waals surface area contributed by atoms with Crippen molar-refractivity contribution in [1.29, 1.82) is 0 Å². The average Bonchev–Trinajstić information content (AvgIpc) is 3.68. The lowest BCUT2D eigenvalue weighted by Crippen LogP contribution is -2.09. The molecule has 0 spiro atoms. The second-order valence-corrected chi connectivity index (χ2v) is 17.4. The summed E-state index contributed by atoms with van der Waals surface area (Å²) in [4.78, 5) is 12.4. The SMILES string of the molecule is Cc1ccc(-c2cc(-c3ccc(-c4ccc(-c5cc(C)c(-n6c7ccccc7c7cc(N(c8ccccc8)c8ccccc8)ccc76)c(C)c5)cc4)cc3)nc(-c3ccc(C)cc3)n2)cc1. The molecule has 11 aromatic rings. The van der Waals surface area contributed by atoms with Gasteiger partial charge in [-0.25, -0.2) is 9.97 Å². The number of fused-ring (bicyclic) bond motifs is 3. The first-order valence-corrected chi connectivity index (χ1v) is 22.6. The Morgan fingerprint density at radius 2 is 0.773 bits per heavy atom. The number of benzene rings is 9. The fourth-order valence-corrected chi connectivity index (χ4v) is 9.41. The Hall–Kier alpha value is -8.34. The minimum absolute atomic E-state index is 0.722. The van der Waals surface area contributed by atoms with Crippen molar-refractivity contribution in [3.63, 3.8) is 0 Å². The Balaban J connectivity index is 0.899. The summed E-state index contributed by atoms with van der Waals surface area (Å²) >= 11 is 0. The third-order valence-corrected chi connectivity index (χ3v) is 12.8. The molecule has 0 bridgehead atoms. The van der Waals surface area contributed by atoms with Crippen molar-refractivity contribution in [2.45, 2.75) is 27.7 Å². The first-order chi connectivity index (χ1) is 32.3. The number of hydrogen-bond acceptors (Lipinski definition) is 3. The van der Waals surface area contributed by atoms with Gasteiger partial charge in [-0.1, -0.05) is 163 Å². The second kappa shape index (κ2) is 17.0. The molecule has 0 N–H and O–H groups in total. The van der Waals surface area contributed by atoms with Gasteiger partial charge >= 0.3 is 0 Å². The molecule has 0 unspecified atom stereocenters. The van der Waals surface area contributed by atoms with Gasteiger partial charge in [0.25, 0.3) is 0 Å². The van der Waals surface area contributed by atoms with Crippen molar-refractivity contribution in [2.24, 2.45) is 0 Å². The monoisotopic (exact) mass is 848 g/mol. The summed E-state index contributed by atoms with van der Waals surface area (Å²) in [5.41, 5.74) is 21.5. The highest BCUT2D eigenvalue weighted by molar-refractivity contribution is 6.11. The van der Waals surface area contributed by atoms with Crippen LogP contribution >= 0.6 is 0 Å². The van der Waals surface area contributed by atoms with E-state index in [0.717, 1.165) is 56.5 Å². The topological polar surface area (TPSA) is 34.0 Å². The molecule has 2 heterocycles. The van der Waals surface area contributed by atoms with Crippen molar-refractivity contribution in [1.82, 2.24) is 14.5 Å². The van der Waals surface area contributed by atoms with E-state index in [-0.39, 0.29) is 0 Å². The van der Waals surface area contributed by atoms with Gasteiger partial charge < -0.3 is 9.47 Å². The molecule has 4 heteroatoms. The van der Waals surface area contributed by atoms with Crippen molar-refractivity contribution in [3.05, 3.63) is 241 Å². The molecule has 11 rings (SSSR count). The van der Waals surface area contributed by atoms with Gasteiger partial charge in [-0.05, 0) is 128 Å². The lowest BCUT2D eigenvalue weighted by atomic mass is 9.96. The van der Waals surface area contributed by atoms with E-state index in [1.807, 2.05) is 0 Å². The number of nitrogens with zero attached hydrogens (tertiary/aromatic N) is 4. The summed E-state index contributed by atoms with van der Waals surface area (Å²) in [6.07, 6.45) is 0. The normalized spacial score (nSPS) is 11.3. The van der Waals surface area contributed by atoms with Gasteiger partial charge in [0.1, 0.15) is 0 Å². The smallest absolute Gasteiger partial charge is 0.160 e. The molecule has 0 amide bonds. The number of aryl methyl sites for hydroxylation is 4.